The molecule has 0 atom stereocenters. The van der Waals surface area contributed by atoms with Crippen LogP contribution >= 0.6 is 0 Å². The van der Waals surface area contributed by atoms with E-state index in [1.807, 2.05) is 5.32 Å². The van der Waals surface area contributed by atoms with E-state index in [-0.39, 0.29) is 6.61 Å². The van der Waals surface area contributed by atoms with E-state index in [1.165, 1.54) is 6.26 Å². The number of rotatable bonds is 4. The van der Waals surface area contributed by atoms with E-state index in [9.17, 15) is 9.59 Å². The van der Waals surface area contributed by atoms with E-state index >= 15 is 0 Å². The summed E-state index contributed by atoms with van der Waals surface area (Å²) in [7, 11) is 0. The molecule has 2 amide bonds. The fourth-order valence-electron chi connectivity index (χ4n) is 0.516. The van der Waals surface area contributed by atoms with Crippen LogP contribution < -0.4 is 5.32 Å². The van der Waals surface area contributed by atoms with E-state index in [1.54, 1.807) is 13.8 Å². The summed E-state index contributed by atoms with van der Waals surface area (Å²) in [6.07, 6.45) is 1.57. The Bertz CT molecular complexity index is 200. The zero-order valence-corrected chi connectivity index (χ0v) is 7.70. The molecule has 0 saturated carbocycles. The molecule has 0 aromatic heterocycles. The molecule has 0 aliphatic carbocycles. The van der Waals surface area contributed by atoms with Crippen LogP contribution in [0, 0.1) is 0 Å². The van der Waals surface area contributed by atoms with Gasteiger partial charge in [-0.1, -0.05) is 0 Å². The Morgan fingerprint density at radius 3 is 2.54 bits per heavy atom. The first kappa shape index (κ1) is 11.5. The van der Waals surface area contributed by atoms with Gasteiger partial charge in [-0.3, -0.25) is 10.1 Å². The van der Waals surface area contributed by atoms with Crippen LogP contribution in [0.5, 0.6) is 0 Å². The van der Waals surface area contributed by atoms with E-state index in [0.717, 1.165) is 6.08 Å². The van der Waals surface area contributed by atoms with Crippen molar-refractivity contribution in [1.82, 2.24) is 5.32 Å². The number of carbonyl (C=O) groups excluding carboxylic acids is 2. The first-order valence-corrected chi connectivity index (χ1v) is 3.96. The topological polar surface area (TPSA) is 64.6 Å². The molecule has 13 heavy (non-hydrogen) atoms. The minimum Gasteiger partial charge on any atom is -0.501 e. The lowest BCUT2D eigenvalue weighted by molar-refractivity contribution is -0.116. The summed E-state index contributed by atoms with van der Waals surface area (Å²) >= 11 is 0. The highest BCUT2D eigenvalue weighted by atomic mass is 16.5. The molecule has 5 nitrogen and oxygen atoms in total. The number of amides is 2. The molecular weight excluding hydrogens is 174 g/mol. The van der Waals surface area contributed by atoms with Crippen LogP contribution in [0.3, 0.4) is 0 Å². The van der Waals surface area contributed by atoms with E-state index in [4.69, 9.17) is 4.74 Å². The standard InChI is InChI=1S/C8H13NO4/c1-3-12-6-5-7(10)9-8(11)13-4-2/h5-6H,3-4H2,1-2H3,(H,9,10,11)/b6-5+. The van der Waals surface area contributed by atoms with E-state index in [0.29, 0.717) is 6.61 Å². The van der Waals surface area contributed by atoms with Crippen molar-refractivity contribution in [3.63, 3.8) is 0 Å². The van der Waals surface area contributed by atoms with Gasteiger partial charge in [0, 0.05) is 6.08 Å². The summed E-state index contributed by atoms with van der Waals surface area (Å²) in [4.78, 5) is 21.5. The lowest BCUT2D eigenvalue weighted by Crippen LogP contribution is -2.29. The second-order valence-corrected chi connectivity index (χ2v) is 1.97. The number of hydrogen-bond acceptors (Lipinski definition) is 4. The highest BCUT2D eigenvalue weighted by Crippen LogP contribution is 1.80. The second kappa shape index (κ2) is 7.15. The largest absolute Gasteiger partial charge is 0.501 e. The highest BCUT2D eigenvalue weighted by Gasteiger charge is 2.03. The van der Waals surface area contributed by atoms with Gasteiger partial charge in [0.1, 0.15) is 0 Å². The predicted octanol–water partition coefficient (Wildman–Crippen LogP) is 0.809. The summed E-state index contributed by atoms with van der Waals surface area (Å²) in [5.74, 6) is -0.563. The van der Waals surface area contributed by atoms with Crippen LogP contribution in [0.4, 0.5) is 4.79 Å². The molecule has 0 bridgehead atoms. The van der Waals surface area contributed by atoms with Gasteiger partial charge in [0.25, 0.3) is 5.91 Å². The van der Waals surface area contributed by atoms with Crippen molar-refractivity contribution >= 4 is 12.0 Å². The Hall–Kier alpha value is -1.52. The molecule has 0 aromatic rings. The molecule has 0 aromatic carbocycles. The molecule has 5 heteroatoms. The lowest BCUT2D eigenvalue weighted by Gasteiger charge is -2.00. The molecule has 1 N–H and O–H groups in total. The Balaban J connectivity index is 3.67. The minimum atomic E-state index is -0.756. The summed E-state index contributed by atoms with van der Waals surface area (Å²) in [5.41, 5.74) is 0. The Morgan fingerprint density at radius 2 is 2.00 bits per heavy atom. The van der Waals surface area contributed by atoms with Gasteiger partial charge < -0.3 is 9.47 Å². The van der Waals surface area contributed by atoms with Crippen molar-refractivity contribution < 1.29 is 19.1 Å². The number of ether oxygens (including phenoxy) is 2. The maximum Gasteiger partial charge on any atom is 0.414 e. The maximum atomic E-state index is 10.8. The Labute approximate surface area is 76.7 Å². The SMILES string of the molecule is CCO/C=C/C(=O)NC(=O)OCC. The van der Waals surface area contributed by atoms with E-state index in [2.05, 4.69) is 4.74 Å². The van der Waals surface area contributed by atoms with Crippen molar-refractivity contribution in [1.29, 1.82) is 0 Å². The minimum absolute atomic E-state index is 0.230. The smallest absolute Gasteiger partial charge is 0.414 e. The van der Waals surface area contributed by atoms with Crippen molar-refractivity contribution in [2.24, 2.45) is 0 Å². The first-order valence-electron chi connectivity index (χ1n) is 3.96. The molecule has 0 fully saturated rings. The van der Waals surface area contributed by atoms with Crippen LogP contribution in [-0.2, 0) is 14.3 Å². The zero-order chi connectivity index (χ0) is 10.1. The average molecular weight is 187 g/mol. The van der Waals surface area contributed by atoms with Crippen LogP contribution in [0.2, 0.25) is 0 Å². The van der Waals surface area contributed by atoms with Gasteiger partial charge in [-0.2, -0.15) is 0 Å². The Kier molecular flexibility index (Phi) is 6.31. The number of nitrogens with one attached hydrogen (secondary N) is 1. The van der Waals surface area contributed by atoms with Crippen LogP contribution in [0.15, 0.2) is 12.3 Å². The molecule has 0 saturated heterocycles. The zero-order valence-electron chi connectivity index (χ0n) is 7.70. The molecule has 0 spiro atoms. The Morgan fingerprint density at radius 1 is 1.31 bits per heavy atom. The number of alkyl carbamates (subject to hydrolysis) is 1. The van der Waals surface area contributed by atoms with Gasteiger partial charge in [0.15, 0.2) is 0 Å². The molecule has 0 unspecified atom stereocenters. The monoisotopic (exact) mass is 187 g/mol. The quantitative estimate of drug-likeness (QED) is 0.522. The van der Waals surface area contributed by atoms with Gasteiger partial charge >= 0.3 is 6.09 Å². The van der Waals surface area contributed by atoms with Gasteiger partial charge in [-0.15, -0.1) is 0 Å². The number of imide groups is 1. The van der Waals surface area contributed by atoms with Crippen LogP contribution in [0.1, 0.15) is 13.8 Å². The number of carbonyl (C=O) groups is 2. The second-order valence-electron chi connectivity index (χ2n) is 1.97. The van der Waals surface area contributed by atoms with Gasteiger partial charge in [0.2, 0.25) is 0 Å². The molecular formula is C8H13NO4. The third-order valence-electron chi connectivity index (χ3n) is 0.983. The molecule has 74 valence electrons. The summed E-state index contributed by atoms with van der Waals surface area (Å²) in [5, 5.41) is 1.97. The summed E-state index contributed by atoms with van der Waals surface area (Å²) in [6.45, 7) is 4.14. The van der Waals surface area contributed by atoms with Crippen LogP contribution in [0.25, 0.3) is 0 Å². The highest BCUT2D eigenvalue weighted by molar-refractivity contribution is 5.98. The van der Waals surface area contributed by atoms with Crippen molar-refractivity contribution in [3.8, 4) is 0 Å². The molecule has 0 aliphatic heterocycles. The summed E-state index contributed by atoms with van der Waals surface area (Å²) in [6, 6.07) is 0. The molecule has 0 aliphatic rings. The van der Waals surface area contributed by atoms with Crippen molar-refractivity contribution in [3.05, 3.63) is 12.3 Å². The number of hydrogen-bond donors (Lipinski definition) is 1. The summed E-state index contributed by atoms with van der Waals surface area (Å²) < 4.78 is 9.23. The normalized spacial score (nSPS) is 9.69. The first-order chi connectivity index (χ1) is 6.20. The lowest BCUT2D eigenvalue weighted by atomic mass is 10.6. The molecule has 0 rings (SSSR count). The maximum absolute atomic E-state index is 10.8. The van der Waals surface area contributed by atoms with Crippen LogP contribution in [-0.4, -0.2) is 25.2 Å². The third kappa shape index (κ3) is 6.86. The van der Waals surface area contributed by atoms with E-state index < -0.39 is 12.0 Å². The predicted molar refractivity (Wildman–Crippen MR) is 45.9 cm³/mol. The fourth-order valence-corrected chi connectivity index (χ4v) is 0.516. The van der Waals surface area contributed by atoms with Crippen molar-refractivity contribution in [2.75, 3.05) is 13.2 Å². The molecule has 0 radical (unpaired) electrons. The fraction of sp³-hybridized carbons (Fsp3) is 0.500. The van der Waals surface area contributed by atoms with Crippen molar-refractivity contribution in [2.45, 2.75) is 13.8 Å². The third-order valence-corrected chi connectivity index (χ3v) is 0.983. The molecule has 0 heterocycles. The van der Waals surface area contributed by atoms with Gasteiger partial charge in [-0.05, 0) is 13.8 Å². The average Bonchev–Trinajstić information content (AvgIpc) is 2.05. The van der Waals surface area contributed by atoms with Gasteiger partial charge in [-0.25, -0.2) is 4.79 Å². The van der Waals surface area contributed by atoms with Gasteiger partial charge in [0.05, 0.1) is 19.5 Å².